The number of halogens is 3. The van der Waals surface area contributed by atoms with E-state index in [9.17, 15) is 22.3 Å². The van der Waals surface area contributed by atoms with Crippen LogP contribution < -0.4 is 0 Å². The molecule has 2 unspecified atom stereocenters. The van der Waals surface area contributed by atoms with Gasteiger partial charge < -0.3 is 14.7 Å². The fourth-order valence-corrected chi connectivity index (χ4v) is 2.32. The Morgan fingerprint density at radius 2 is 1.63 bits per heavy atom. The second kappa shape index (κ2) is 6.64. The third-order valence-electron chi connectivity index (χ3n) is 1.66. The quantitative estimate of drug-likeness (QED) is 0.651. The zero-order valence-corrected chi connectivity index (χ0v) is 11.6. The van der Waals surface area contributed by atoms with Gasteiger partial charge in [0, 0.05) is 0 Å². The van der Waals surface area contributed by atoms with Gasteiger partial charge in [-0.15, -0.1) is 0 Å². The lowest BCUT2D eigenvalue weighted by Gasteiger charge is -2.07. The molecular formula is C6H13F3O8P2. The first-order valence-electron chi connectivity index (χ1n) is 4.68. The molecule has 0 spiro atoms. The first-order valence-corrected chi connectivity index (χ1v) is 7.71. The zero-order chi connectivity index (χ0) is 15.5. The first kappa shape index (κ1) is 19.0. The van der Waals surface area contributed by atoms with E-state index in [2.05, 4.69) is 13.6 Å². The van der Waals surface area contributed by atoms with Crippen LogP contribution in [0.15, 0.2) is 0 Å². The van der Waals surface area contributed by atoms with Crippen molar-refractivity contribution in [3.63, 3.8) is 0 Å². The average molecular weight is 332 g/mol. The normalized spacial score (nSPS) is 31.8. The Morgan fingerprint density at radius 3 is 1.74 bits per heavy atom. The van der Waals surface area contributed by atoms with E-state index in [1.54, 1.807) is 13.8 Å². The minimum absolute atomic E-state index is 0.277. The molecule has 0 bridgehead atoms. The lowest BCUT2D eigenvalue weighted by atomic mass is 10.3. The summed E-state index contributed by atoms with van der Waals surface area (Å²) in [6.45, 7) is 1.46. The number of hydrogen-bond acceptors (Lipinski definition) is 5. The van der Waals surface area contributed by atoms with Gasteiger partial charge in [-0.2, -0.15) is 13.2 Å². The number of alkyl halides is 3. The number of hydrogen-bond donors (Lipinski definition) is 3. The van der Waals surface area contributed by atoms with Crippen LogP contribution in [0.5, 0.6) is 0 Å². The van der Waals surface area contributed by atoms with Gasteiger partial charge in [0.25, 0.3) is 0 Å². The summed E-state index contributed by atoms with van der Waals surface area (Å²) < 4.78 is 65.8. The summed E-state index contributed by atoms with van der Waals surface area (Å²) in [7, 11) is -8.64. The third-order valence-corrected chi connectivity index (χ3v) is 3.32. The molecule has 13 heteroatoms. The molecule has 0 amide bonds. The van der Waals surface area contributed by atoms with Crippen molar-refractivity contribution in [1.29, 1.82) is 0 Å². The summed E-state index contributed by atoms with van der Waals surface area (Å²) in [4.78, 5) is 24.2. The van der Waals surface area contributed by atoms with E-state index in [4.69, 9.17) is 14.7 Å². The number of phosphoric acid groups is 2. The molecule has 1 fully saturated rings. The van der Waals surface area contributed by atoms with Crippen molar-refractivity contribution in [1.82, 2.24) is 0 Å². The van der Waals surface area contributed by atoms with E-state index in [0.717, 1.165) is 0 Å². The van der Waals surface area contributed by atoms with Gasteiger partial charge in [-0.05, 0) is 13.8 Å². The molecule has 0 aliphatic carbocycles. The SMILES string of the molecule is CC1OP(=O)(O)OC1C.O=P(O)(O)OCC(F)(F)F. The van der Waals surface area contributed by atoms with Crippen LogP contribution >= 0.6 is 15.6 Å². The van der Waals surface area contributed by atoms with E-state index in [1.807, 2.05) is 0 Å². The molecule has 19 heavy (non-hydrogen) atoms. The van der Waals surface area contributed by atoms with Gasteiger partial charge in [0.2, 0.25) is 0 Å². The topological polar surface area (TPSA) is 123 Å². The minimum Gasteiger partial charge on any atom is -0.303 e. The lowest BCUT2D eigenvalue weighted by molar-refractivity contribution is -0.156. The maximum Gasteiger partial charge on any atom is 0.472 e. The molecule has 1 saturated heterocycles. The number of phosphoric ester groups is 2. The highest BCUT2D eigenvalue weighted by atomic mass is 31.2. The Hall–Kier alpha value is 0.01000. The molecule has 0 saturated carbocycles. The predicted octanol–water partition coefficient (Wildman–Crippen LogP) is 1.57. The molecule has 116 valence electrons. The van der Waals surface area contributed by atoms with Crippen LogP contribution in [0.4, 0.5) is 13.2 Å². The summed E-state index contributed by atoms with van der Waals surface area (Å²) in [6, 6.07) is 0. The minimum atomic E-state index is -4.98. The average Bonchev–Trinajstić information content (AvgIpc) is 2.34. The van der Waals surface area contributed by atoms with Gasteiger partial charge in [-0.3, -0.25) is 13.6 Å². The smallest absolute Gasteiger partial charge is 0.303 e. The first-order chi connectivity index (χ1) is 8.22. The fourth-order valence-electron chi connectivity index (χ4n) is 0.774. The van der Waals surface area contributed by atoms with Crippen molar-refractivity contribution in [3.8, 4) is 0 Å². The Labute approximate surface area is 106 Å². The van der Waals surface area contributed by atoms with Gasteiger partial charge in [0.05, 0.1) is 12.2 Å². The molecule has 3 N–H and O–H groups in total. The fraction of sp³-hybridized carbons (Fsp3) is 1.00. The predicted molar refractivity (Wildman–Crippen MR) is 55.0 cm³/mol. The highest BCUT2D eigenvalue weighted by molar-refractivity contribution is 7.47. The Bertz CT molecular complexity index is 365. The largest absolute Gasteiger partial charge is 0.472 e. The summed E-state index contributed by atoms with van der Waals surface area (Å²) in [5, 5.41) is 0. The van der Waals surface area contributed by atoms with Crippen molar-refractivity contribution in [3.05, 3.63) is 0 Å². The van der Waals surface area contributed by atoms with Gasteiger partial charge in [-0.1, -0.05) is 0 Å². The molecule has 0 aromatic carbocycles. The van der Waals surface area contributed by atoms with Crippen LogP contribution in [-0.4, -0.2) is 39.7 Å². The summed E-state index contributed by atoms with van der Waals surface area (Å²) >= 11 is 0. The third kappa shape index (κ3) is 10.5. The van der Waals surface area contributed by atoms with Gasteiger partial charge in [0.1, 0.15) is 0 Å². The van der Waals surface area contributed by atoms with E-state index in [1.165, 1.54) is 0 Å². The monoisotopic (exact) mass is 332 g/mol. The maximum atomic E-state index is 11.1. The Balaban J connectivity index is 0.000000342. The standard InChI is InChI=1S/C4H9O4P.C2H4F3O4P/c1-3-4(2)8-9(5,6)7-3;3-2(4,5)1-9-10(6,7)8/h3-4H,1-2H3,(H,5,6);1H2,(H2,6,7,8). The van der Waals surface area contributed by atoms with Gasteiger partial charge in [-0.25, -0.2) is 9.13 Å². The van der Waals surface area contributed by atoms with Crippen LogP contribution in [0.2, 0.25) is 0 Å². The van der Waals surface area contributed by atoms with Crippen molar-refractivity contribution in [2.75, 3.05) is 6.61 Å². The maximum absolute atomic E-state index is 11.1. The second-order valence-corrected chi connectivity index (χ2v) is 6.07. The van der Waals surface area contributed by atoms with Crippen LogP contribution in [-0.2, 0) is 22.7 Å². The van der Waals surface area contributed by atoms with E-state index >= 15 is 0 Å². The number of rotatable bonds is 2. The zero-order valence-electron chi connectivity index (χ0n) is 9.77. The van der Waals surface area contributed by atoms with Crippen molar-refractivity contribution in [2.45, 2.75) is 32.2 Å². The highest BCUT2D eigenvalue weighted by Gasteiger charge is 2.38. The molecule has 1 aliphatic rings. The van der Waals surface area contributed by atoms with Crippen LogP contribution in [0.3, 0.4) is 0 Å². The Kier molecular flexibility index (Phi) is 6.65. The highest BCUT2D eigenvalue weighted by Crippen LogP contribution is 2.52. The van der Waals surface area contributed by atoms with Crippen LogP contribution in [0, 0.1) is 0 Å². The van der Waals surface area contributed by atoms with Crippen molar-refractivity contribution >= 4 is 15.6 Å². The molecule has 1 aliphatic heterocycles. The molecule has 0 aromatic heterocycles. The van der Waals surface area contributed by atoms with Crippen LogP contribution in [0.1, 0.15) is 13.8 Å². The summed E-state index contributed by atoms with van der Waals surface area (Å²) in [5.41, 5.74) is 0. The summed E-state index contributed by atoms with van der Waals surface area (Å²) in [5.74, 6) is 0. The van der Waals surface area contributed by atoms with Crippen molar-refractivity contribution in [2.24, 2.45) is 0 Å². The van der Waals surface area contributed by atoms with Gasteiger partial charge in [0.15, 0.2) is 6.61 Å². The lowest BCUT2D eigenvalue weighted by Crippen LogP contribution is -2.15. The van der Waals surface area contributed by atoms with E-state index < -0.39 is 28.4 Å². The van der Waals surface area contributed by atoms with Gasteiger partial charge >= 0.3 is 21.8 Å². The Morgan fingerprint density at radius 1 is 1.26 bits per heavy atom. The molecule has 8 nitrogen and oxygen atoms in total. The van der Waals surface area contributed by atoms with E-state index in [-0.39, 0.29) is 12.2 Å². The molecule has 0 radical (unpaired) electrons. The second-order valence-electron chi connectivity index (χ2n) is 3.47. The van der Waals surface area contributed by atoms with E-state index in [0.29, 0.717) is 0 Å². The molecule has 2 atom stereocenters. The van der Waals surface area contributed by atoms with Crippen LogP contribution in [0.25, 0.3) is 0 Å². The molecule has 0 aromatic rings. The molecule has 1 rings (SSSR count). The summed E-state index contributed by atoms with van der Waals surface area (Å²) in [6.07, 6.45) is -5.26. The molecule has 1 heterocycles. The molecular weight excluding hydrogens is 319 g/mol. The van der Waals surface area contributed by atoms with Crippen molar-refractivity contribution < 1.29 is 50.6 Å².